The predicted octanol–water partition coefficient (Wildman–Crippen LogP) is 6.50. The molecule has 4 aromatic rings. The van der Waals surface area contributed by atoms with Crippen molar-refractivity contribution in [3.63, 3.8) is 0 Å². The number of carbonyl (C=O) groups excluding carboxylic acids is 1. The van der Waals surface area contributed by atoms with Crippen molar-refractivity contribution in [1.29, 1.82) is 0 Å². The largest absolute Gasteiger partial charge is 0.460 e. The Balaban J connectivity index is 1.38. The lowest BCUT2D eigenvalue weighted by Crippen LogP contribution is -2.35. The second-order valence-electron chi connectivity index (χ2n) is 10.8. The van der Waals surface area contributed by atoms with Crippen molar-refractivity contribution in [3.05, 3.63) is 70.5 Å². The summed E-state index contributed by atoms with van der Waals surface area (Å²) in [6.45, 7) is 7.64. The quantitative estimate of drug-likeness (QED) is 0.169. The Kier molecular flexibility index (Phi) is 6.69. The first-order valence-corrected chi connectivity index (χ1v) is 12.6. The maximum atomic E-state index is 12.2. The molecule has 1 aliphatic heterocycles. The number of furan rings is 1. The van der Waals surface area contributed by atoms with Gasteiger partial charge >= 0.3 is 5.97 Å². The number of hydrogen-bond acceptors (Lipinski definition) is 7. The highest BCUT2D eigenvalue weighted by Crippen LogP contribution is 2.36. The van der Waals surface area contributed by atoms with Gasteiger partial charge in [-0.15, -0.1) is 0 Å². The van der Waals surface area contributed by atoms with Crippen LogP contribution in [0.5, 0.6) is 0 Å². The lowest BCUT2D eigenvalue weighted by molar-refractivity contribution is -0.385. The van der Waals surface area contributed by atoms with Gasteiger partial charge in [-0.05, 0) is 76.2 Å². The summed E-state index contributed by atoms with van der Waals surface area (Å²) in [5, 5.41) is 14.5. The minimum Gasteiger partial charge on any atom is -0.460 e. The summed E-state index contributed by atoms with van der Waals surface area (Å²) in [4.78, 5) is 30.4. The number of carbonyl (C=O) groups is 1. The minimum absolute atomic E-state index is 0.0898. The third kappa shape index (κ3) is 5.64. The molecular weight excluding hydrogens is 470 g/mol. The van der Waals surface area contributed by atoms with Crippen molar-refractivity contribution in [2.75, 3.05) is 13.1 Å². The second kappa shape index (κ2) is 9.94. The number of nitro benzene ring substituents is 1. The van der Waals surface area contributed by atoms with E-state index in [0.29, 0.717) is 29.7 Å². The van der Waals surface area contributed by atoms with E-state index in [2.05, 4.69) is 9.88 Å². The molecule has 0 spiro atoms. The van der Waals surface area contributed by atoms with Crippen LogP contribution in [-0.2, 0) is 16.1 Å². The molecule has 0 saturated carbocycles. The van der Waals surface area contributed by atoms with E-state index in [-0.39, 0.29) is 22.5 Å². The van der Waals surface area contributed by atoms with Crippen LogP contribution in [0, 0.1) is 16.0 Å². The highest BCUT2D eigenvalue weighted by atomic mass is 16.6. The summed E-state index contributed by atoms with van der Waals surface area (Å²) >= 11 is 0. The number of nitrogens with zero attached hydrogens (tertiary/aromatic N) is 3. The number of benzene rings is 2. The average molecular weight is 502 g/mol. The Bertz CT molecular complexity index is 1430. The average Bonchev–Trinajstić information content (AvgIpc) is 3.27. The molecular formula is C29H31N3O5. The van der Waals surface area contributed by atoms with Crippen molar-refractivity contribution in [2.45, 2.75) is 52.2 Å². The third-order valence-corrected chi connectivity index (χ3v) is 6.82. The Morgan fingerprint density at radius 2 is 1.89 bits per heavy atom. The van der Waals surface area contributed by atoms with Crippen molar-refractivity contribution in [2.24, 2.45) is 5.92 Å². The van der Waals surface area contributed by atoms with Crippen LogP contribution in [0.4, 0.5) is 5.69 Å². The molecule has 192 valence electrons. The van der Waals surface area contributed by atoms with Crippen LogP contribution in [0.3, 0.4) is 0 Å². The summed E-state index contributed by atoms with van der Waals surface area (Å²) < 4.78 is 11.6. The van der Waals surface area contributed by atoms with Crippen LogP contribution >= 0.6 is 0 Å². The van der Waals surface area contributed by atoms with E-state index in [1.54, 1.807) is 18.5 Å². The molecule has 2 aromatic carbocycles. The first kappa shape index (κ1) is 24.9. The van der Waals surface area contributed by atoms with E-state index >= 15 is 0 Å². The first-order valence-electron chi connectivity index (χ1n) is 12.6. The molecule has 5 rings (SSSR count). The van der Waals surface area contributed by atoms with Gasteiger partial charge < -0.3 is 9.15 Å². The predicted molar refractivity (Wildman–Crippen MR) is 142 cm³/mol. The number of rotatable bonds is 6. The van der Waals surface area contributed by atoms with Gasteiger partial charge in [-0.25, -0.2) is 0 Å². The SMILES string of the molecule is CC(C)(C)OC(=O)CC1CCN(Cc2cc3c(-c4cc5ccccc5o4)cncc3cc2[N+](=O)[O-])CC1. The number of hydrogen-bond donors (Lipinski definition) is 0. The number of pyridine rings is 1. The number of piperidine rings is 1. The fourth-order valence-electron chi connectivity index (χ4n) is 5.07. The maximum Gasteiger partial charge on any atom is 0.306 e. The summed E-state index contributed by atoms with van der Waals surface area (Å²) in [7, 11) is 0. The zero-order chi connectivity index (χ0) is 26.2. The van der Waals surface area contributed by atoms with Gasteiger partial charge in [-0.3, -0.25) is 24.8 Å². The Hall–Kier alpha value is -3.78. The van der Waals surface area contributed by atoms with Gasteiger partial charge in [-0.2, -0.15) is 0 Å². The highest BCUT2D eigenvalue weighted by Gasteiger charge is 2.26. The summed E-state index contributed by atoms with van der Waals surface area (Å²) in [6.07, 6.45) is 5.52. The normalized spacial score (nSPS) is 15.3. The number of ether oxygens (including phenoxy) is 1. The molecule has 2 aromatic heterocycles. The standard InChI is InChI=1S/C29H31N3O5/c1-29(2,3)37-28(33)12-19-8-10-31(11-9-19)18-22-13-23-21(14-25(22)32(34)35)16-30-17-24(23)27-15-20-6-4-5-7-26(20)36-27/h4-7,13-17,19H,8-12,18H2,1-3H3. The minimum atomic E-state index is -0.483. The van der Waals surface area contributed by atoms with Gasteiger partial charge in [-0.1, -0.05) is 18.2 Å². The van der Waals surface area contributed by atoms with E-state index in [4.69, 9.17) is 9.15 Å². The molecule has 0 aliphatic carbocycles. The van der Waals surface area contributed by atoms with Crippen molar-refractivity contribution >= 4 is 33.4 Å². The molecule has 0 unspecified atom stereocenters. The van der Waals surface area contributed by atoms with Gasteiger partial charge in [0, 0.05) is 53.3 Å². The number of fused-ring (bicyclic) bond motifs is 2. The molecule has 0 N–H and O–H groups in total. The monoisotopic (exact) mass is 501 g/mol. The van der Waals surface area contributed by atoms with Gasteiger partial charge in [0.2, 0.25) is 0 Å². The second-order valence-corrected chi connectivity index (χ2v) is 10.8. The molecule has 0 amide bonds. The molecule has 3 heterocycles. The highest BCUT2D eigenvalue weighted by molar-refractivity contribution is 5.98. The zero-order valence-electron chi connectivity index (χ0n) is 21.4. The molecule has 8 nitrogen and oxygen atoms in total. The van der Waals surface area contributed by atoms with Gasteiger partial charge in [0.05, 0.1) is 4.92 Å². The molecule has 0 atom stereocenters. The van der Waals surface area contributed by atoms with Crippen LogP contribution in [0.2, 0.25) is 0 Å². The molecule has 37 heavy (non-hydrogen) atoms. The first-order chi connectivity index (χ1) is 17.7. The molecule has 1 aliphatic rings. The molecule has 0 radical (unpaired) electrons. The van der Waals surface area contributed by atoms with Crippen LogP contribution in [0.25, 0.3) is 33.1 Å². The molecule has 8 heteroatoms. The Labute approximate surface area is 215 Å². The molecule has 1 saturated heterocycles. The van der Waals surface area contributed by atoms with Crippen LogP contribution < -0.4 is 0 Å². The fraction of sp³-hybridized carbons (Fsp3) is 0.379. The van der Waals surface area contributed by atoms with E-state index < -0.39 is 5.60 Å². The van der Waals surface area contributed by atoms with Crippen molar-refractivity contribution in [3.8, 4) is 11.3 Å². The zero-order valence-corrected chi connectivity index (χ0v) is 21.4. The smallest absolute Gasteiger partial charge is 0.306 e. The van der Waals surface area contributed by atoms with Crippen molar-refractivity contribution in [1.82, 2.24) is 9.88 Å². The summed E-state index contributed by atoms with van der Waals surface area (Å²) in [5.41, 5.74) is 1.86. The topological polar surface area (TPSA) is 98.7 Å². The number of aromatic nitrogens is 1. The molecule has 0 bridgehead atoms. The maximum absolute atomic E-state index is 12.2. The third-order valence-electron chi connectivity index (χ3n) is 6.82. The summed E-state index contributed by atoms with van der Waals surface area (Å²) in [6, 6.07) is 13.3. The lowest BCUT2D eigenvalue weighted by Gasteiger charge is -2.32. The van der Waals surface area contributed by atoms with Gasteiger partial charge in [0.15, 0.2) is 0 Å². The number of esters is 1. The Morgan fingerprint density at radius 3 is 2.59 bits per heavy atom. The van der Waals surface area contributed by atoms with Crippen LogP contribution in [0.1, 0.15) is 45.6 Å². The fourth-order valence-corrected chi connectivity index (χ4v) is 5.07. The number of nitro groups is 1. The van der Waals surface area contributed by atoms with Gasteiger partial charge in [0.1, 0.15) is 16.9 Å². The summed E-state index contributed by atoms with van der Waals surface area (Å²) in [5.74, 6) is 0.786. The van der Waals surface area contributed by atoms with Crippen LogP contribution in [0.15, 0.2) is 59.3 Å². The van der Waals surface area contributed by atoms with E-state index in [1.807, 2.05) is 57.2 Å². The van der Waals surface area contributed by atoms with Gasteiger partial charge in [0.25, 0.3) is 5.69 Å². The van der Waals surface area contributed by atoms with E-state index in [0.717, 1.165) is 47.9 Å². The van der Waals surface area contributed by atoms with E-state index in [1.165, 1.54) is 0 Å². The lowest BCUT2D eigenvalue weighted by atomic mass is 9.93. The van der Waals surface area contributed by atoms with E-state index in [9.17, 15) is 14.9 Å². The number of likely N-dealkylation sites (tertiary alicyclic amines) is 1. The molecule has 1 fully saturated rings. The Morgan fingerprint density at radius 1 is 1.14 bits per heavy atom. The van der Waals surface area contributed by atoms with Crippen molar-refractivity contribution < 1.29 is 18.9 Å². The van der Waals surface area contributed by atoms with Crippen LogP contribution in [-0.4, -0.2) is 39.5 Å². The number of para-hydroxylation sites is 1.